The average Bonchev–Trinajstić information content (AvgIpc) is 1.33. The SMILES string of the molecule is C=CC.N=C(N)N. The highest BCUT2D eigenvalue weighted by atomic mass is 14.9. The van der Waals surface area contributed by atoms with Gasteiger partial charge in [0.25, 0.3) is 0 Å². The molecule has 0 rings (SSSR count). The fraction of sp³-hybridized carbons (Fsp3) is 0.250. The number of rotatable bonds is 0. The first-order valence-corrected chi connectivity index (χ1v) is 1.81. The van der Waals surface area contributed by atoms with Crippen molar-refractivity contribution in [2.24, 2.45) is 11.5 Å². The lowest BCUT2D eigenvalue weighted by molar-refractivity contribution is 1.39. The second kappa shape index (κ2) is 8.89. The number of nitrogens with one attached hydrogen (secondary N) is 1. The second-order valence-electron chi connectivity index (χ2n) is 0.864. The first-order chi connectivity index (χ1) is 3.15. The van der Waals surface area contributed by atoms with Gasteiger partial charge in [0.15, 0.2) is 5.96 Å². The Hall–Kier alpha value is -0.990. The molecule has 0 atom stereocenters. The molecule has 0 spiro atoms. The van der Waals surface area contributed by atoms with Crippen LogP contribution in [0.5, 0.6) is 0 Å². The molecule has 0 radical (unpaired) electrons. The molecule has 0 aromatic carbocycles. The van der Waals surface area contributed by atoms with E-state index in [4.69, 9.17) is 5.41 Å². The van der Waals surface area contributed by atoms with Gasteiger partial charge in [-0.1, -0.05) is 6.08 Å². The molecule has 0 heterocycles. The molecular formula is C4H11N3. The Bertz CT molecular complexity index is 54.0. The van der Waals surface area contributed by atoms with Crippen LogP contribution in [-0.4, -0.2) is 5.96 Å². The quantitative estimate of drug-likeness (QED) is 0.229. The van der Waals surface area contributed by atoms with E-state index in [2.05, 4.69) is 18.0 Å². The van der Waals surface area contributed by atoms with Crippen molar-refractivity contribution in [3.8, 4) is 0 Å². The van der Waals surface area contributed by atoms with Crippen molar-refractivity contribution in [1.82, 2.24) is 0 Å². The van der Waals surface area contributed by atoms with Gasteiger partial charge in [-0.15, -0.1) is 6.58 Å². The maximum Gasteiger partial charge on any atom is 0.183 e. The number of hydrogen-bond donors (Lipinski definition) is 3. The molecule has 3 heteroatoms. The molecule has 0 bridgehead atoms. The number of hydrogen-bond acceptors (Lipinski definition) is 1. The normalized spacial score (nSPS) is 5.29. The van der Waals surface area contributed by atoms with E-state index in [1.54, 1.807) is 6.08 Å². The predicted molar refractivity (Wildman–Crippen MR) is 32.0 cm³/mol. The van der Waals surface area contributed by atoms with Crippen molar-refractivity contribution in [2.45, 2.75) is 6.92 Å². The van der Waals surface area contributed by atoms with E-state index in [1.807, 2.05) is 6.92 Å². The fourth-order valence-corrected chi connectivity index (χ4v) is 0. The van der Waals surface area contributed by atoms with Gasteiger partial charge in [0.05, 0.1) is 0 Å². The summed E-state index contributed by atoms with van der Waals surface area (Å²) >= 11 is 0. The monoisotopic (exact) mass is 101 g/mol. The lowest BCUT2D eigenvalue weighted by Crippen LogP contribution is -2.20. The van der Waals surface area contributed by atoms with E-state index in [0.29, 0.717) is 0 Å². The molecule has 0 unspecified atom stereocenters. The van der Waals surface area contributed by atoms with Gasteiger partial charge in [0, 0.05) is 0 Å². The van der Waals surface area contributed by atoms with Gasteiger partial charge in [-0.2, -0.15) is 0 Å². The van der Waals surface area contributed by atoms with Crippen LogP contribution in [0.3, 0.4) is 0 Å². The van der Waals surface area contributed by atoms with Crippen molar-refractivity contribution in [2.75, 3.05) is 0 Å². The third-order valence-corrected chi connectivity index (χ3v) is 0. The standard InChI is InChI=1S/C3H6.CH5N3/c1-3-2;2-1(3)4/h3H,1H2,2H3;(H5,2,3,4). The van der Waals surface area contributed by atoms with Gasteiger partial charge in [0.1, 0.15) is 0 Å². The Kier molecular flexibility index (Phi) is 11.9. The van der Waals surface area contributed by atoms with Crippen molar-refractivity contribution in [3.05, 3.63) is 12.7 Å². The molecule has 0 fully saturated rings. The average molecular weight is 101 g/mol. The van der Waals surface area contributed by atoms with Crippen LogP contribution in [0, 0.1) is 5.41 Å². The number of guanidine groups is 1. The van der Waals surface area contributed by atoms with E-state index in [9.17, 15) is 0 Å². The van der Waals surface area contributed by atoms with Crippen LogP contribution in [0.4, 0.5) is 0 Å². The minimum atomic E-state index is -0.333. The fourth-order valence-electron chi connectivity index (χ4n) is 0. The van der Waals surface area contributed by atoms with Gasteiger partial charge in [-0.25, -0.2) is 0 Å². The zero-order valence-corrected chi connectivity index (χ0v) is 4.44. The van der Waals surface area contributed by atoms with Crippen LogP contribution in [0.25, 0.3) is 0 Å². The maximum atomic E-state index is 6.06. The molecule has 0 saturated heterocycles. The van der Waals surface area contributed by atoms with Crippen molar-refractivity contribution in [3.63, 3.8) is 0 Å². The zero-order valence-electron chi connectivity index (χ0n) is 4.44. The highest BCUT2D eigenvalue weighted by Gasteiger charge is 1.52. The van der Waals surface area contributed by atoms with E-state index in [-0.39, 0.29) is 5.96 Å². The number of allylic oxidation sites excluding steroid dienone is 1. The van der Waals surface area contributed by atoms with E-state index < -0.39 is 0 Å². The third kappa shape index (κ3) is 46.3. The Balaban J connectivity index is 0. The maximum absolute atomic E-state index is 6.06. The minimum Gasteiger partial charge on any atom is -0.370 e. The molecule has 3 nitrogen and oxygen atoms in total. The zero-order chi connectivity index (χ0) is 6.28. The van der Waals surface area contributed by atoms with Crippen LogP contribution in [0.1, 0.15) is 6.92 Å². The molecule has 0 aromatic rings. The van der Waals surface area contributed by atoms with Crippen molar-refractivity contribution in [1.29, 1.82) is 5.41 Å². The van der Waals surface area contributed by atoms with E-state index in [0.717, 1.165) is 0 Å². The Morgan fingerprint density at radius 2 is 1.71 bits per heavy atom. The molecule has 0 aliphatic carbocycles. The van der Waals surface area contributed by atoms with Crippen LogP contribution in [-0.2, 0) is 0 Å². The Morgan fingerprint density at radius 1 is 1.71 bits per heavy atom. The van der Waals surface area contributed by atoms with Crippen LogP contribution in [0.15, 0.2) is 12.7 Å². The van der Waals surface area contributed by atoms with E-state index in [1.165, 1.54) is 0 Å². The summed E-state index contributed by atoms with van der Waals surface area (Å²) < 4.78 is 0. The summed E-state index contributed by atoms with van der Waals surface area (Å²) in [5.74, 6) is -0.333. The minimum absolute atomic E-state index is 0.333. The summed E-state index contributed by atoms with van der Waals surface area (Å²) in [4.78, 5) is 0. The molecular weight excluding hydrogens is 90.1 g/mol. The van der Waals surface area contributed by atoms with Crippen LogP contribution < -0.4 is 11.5 Å². The van der Waals surface area contributed by atoms with Crippen LogP contribution >= 0.6 is 0 Å². The molecule has 0 aliphatic rings. The highest BCUT2D eigenvalue weighted by molar-refractivity contribution is 5.71. The summed E-state index contributed by atoms with van der Waals surface area (Å²) in [5.41, 5.74) is 8.94. The molecule has 0 amide bonds. The Labute approximate surface area is 43.5 Å². The van der Waals surface area contributed by atoms with Gasteiger partial charge in [0.2, 0.25) is 0 Å². The Morgan fingerprint density at radius 3 is 1.71 bits per heavy atom. The largest absolute Gasteiger partial charge is 0.370 e. The lowest BCUT2D eigenvalue weighted by Gasteiger charge is -1.69. The molecule has 0 aromatic heterocycles. The topological polar surface area (TPSA) is 75.9 Å². The molecule has 7 heavy (non-hydrogen) atoms. The summed E-state index contributed by atoms with van der Waals surface area (Å²) in [7, 11) is 0. The van der Waals surface area contributed by atoms with Gasteiger partial charge < -0.3 is 11.5 Å². The van der Waals surface area contributed by atoms with Crippen molar-refractivity contribution >= 4 is 5.96 Å². The predicted octanol–water partition coefficient (Wildman–Crippen LogP) is 0.0309. The highest BCUT2D eigenvalue weighted by Crippen LogP contribution is 1.38. The third-order valence-electron chi connectivity index (χ3n) is 0. The van der Waals surface area contributed by atoms with Gasteiger partial charge in [-0.3, -0.25) is 5.41 Å². The lowest BCUT2D eigenvalue weighted by atomic mass is 10.8. The summed E-state index contributed by atoms with van der Waals surface area (Å²) in [6.07, 6.45) is 1.75. The summed E-state index contributed by atoms with van der Waals surface area (Å²) in [5, 5.41) is 6.06. The molecule has 0 saturated carbocycles. The number of nitrogens with two attached hydrogens (primary N) is 2. The first-order valence-electron chi connectivity index (χ1n) is 1.81. The van der Waals surface area contributed by atoms with E-state index >= 15 is 0 Å². The molecule has 42 valence electrons. The summed E-state index contributed by atoms with van der Waals surface area (Å²) in [6, 6.07) is 0. The van der Waals surface area contributed by atoms with Gasteiger partial charge >= 0.3 is 0 Å². The smallest absolute Gasteiger partial charge is 0.183 e. The van der Waals surface area contributed by atoms with Gasteiger partial charge in [-0.05, 0) is 6.92 Å². The van der Waals surface area contributed by atoms with Crippen molar-refractivity contribution < 1.29 is 0 Å². The molecule has 5 N–H and O–H groups in total. The van der Waals surface area contributed by atoms with Crippen LogP contribution in [0.2, 0.25) is 0 Å². The first kappa shape index (κ1) is 9.38. The second-order valence-corrected chi connectivity index (χ2v) is 0.864. The molecule has 0 aliphatic heterocycles. The summed E-state index contributed by atoms with van der Waals surface area (Å²) in [6.45, 7) is 5.25.